The van der Waals surface area contributed by atoms with E-state index in [0.29, 0.717) is 73.6 Å². The van der Waals surface area contributed by atoms with E-state index < -0.39 is 37.9 Å². The number of hydrogen-bond acceptors (Lipinski definition) is 18. The molecule has 0 aliphatic rings. The number of rotatable bonds is 40. The maximum atomic E-state index is 14.4. The third-order valence-corrected chi connectivity index (χ3v) is 22.0. The number of halogens is 1. The standard InChI is InChI=1S/C43H53N5O7S.C27H38N4O5S.C16H16FNO2/c1-31(2)38-11-10-12-39(40(38)27-43(49)50)34-21-22-44-41(25-34)55-24-9-7-8-23-48-35(30-46(3)4)26-42(45-48)56(51,52)47(28-32-13-17-36(53-5)18-14-32)29-33-15-19-37(54-6)20-16-33;1-29(2)21-24-18-27(28-31(24)16-6-5-7-17-32)37(33,34)30(19-22-8-12-25(35-3)13-9-22)20-23-10-14-26(36-4)15-11-23;1-10(2)12-4-3-5-13(14(12)9-16(19)20)11-6-7-18-15(17)8-11/h10-22,25-26,31H,7-9,23-24,27-30H2,1-6H3,(H,49,50);8-15,18,32H,5-7,16-17,19-21H2,1-4H3;3-8,10H,9H2,1-2H3,(H,19,20). The van der Waals surface area contributed by atoms with Gasteiger partial charge in [-0.3, -0.25) is 19.0 Å². The molecule has 3 N–H and O–H groups in total. The lowest BCUT2D eigenvalue weighted by Crippen LogP contribution is -2.30. The summed E-state index contributed by atoms with van der Waals surface area (Å²) in [4.78, 5) is 34.7. The van der Waals surface area contributed by atoms with Gasteiger partial charge in [0.05, 0.1) is 59.3 Å². The molecule has 113 heavy (non-hydrogen) atoms. The molecule has 0 atom stereocenters. The number of unbranched alkanes of at least 4 members (excludes halogenated alkanes) is 4. The van der Waals surface area contributed by atoms with Gasteiger partial charge < -0.3 is 48.8 Å². The maximum Gasteiger partial charge on any atom is 0.307 e. The van der Waals surface area contributed by atoms with E-state index in [-0.39, 0.29) is 67.5 Å². The van der Waals surface area contributed by atoms with Gasteiger partial charge in [0, 0.05) is 95.6 Å². The van der Waals surface area contributed by atoms with Crippen LogP contribution in [0.4, 0.5) is 4.39 Å². The minimum atomic E-state index is -4.01. The van der Waals surface area contributed by atoms with E-state index in [0.717, 1.165) is 105 Å². The zero-order chi connectivity index (χ0) is 81.8. The van der Waals surface area contributed by atoms with Gasteiger partial charge in [-0.1, -0.05) is 113 Å². The maximum absolute atomic E-state index is 14.4. The van der Waals surface area contributed by atoms with Crippen LogP contribution >= 0.6 is 0 Å². The number of methoxy groups -OCH3 is 4. The van der Waals surface area contributed by atoms with Gasteiger partial charge in [0.25, 0.3) is 20.0 Å². The van der Waals surface area contributed by atoms with E-state index >= 15 is 0 Å². The Hall–Kier alpha value is -10.4. The highest BCUT2D eigenvalue weighted by atomic mass is 32.2. The Morgan fingerprint density at radius 3 is 1.16 bits per heavy atom. The minimum Gasteiger partial charge on any atom is -0.497 e. The van der Waals surface area contributed by atoms with Crippen LogP contribution in [-0.2, 0) is 94.8 Å². The highest BCUT2D eigenvalue weighted by Gasteiger charge is 2.32. The molecule has 0 amide bonds. The summed E-state index contributed by atoms with van der Waals surface area (Å²) >= 11 is 0. The number of nitrogens with zero attached hydrogens (tertiary/aromatic N) is 10. The van der Waals surface area contributed by atoms with Crippen molar-refractivity contribution in [2.75, 3.05) is 69.8 Å². The van der Waals surface area contributed by atoms with Crippen LogP contribution in [0.3, 0.4) is 0 Å². The molecular weight excluding hydrogens is 1480 g/mol. The monoisotopic (exact) mass is 1590 g/mol. The van der Waals surface area contributed by atoms with Crippen LogP contribution in [0.5, 0.6) is 28.9 Å². The first-order valence-electron chi connectivity index (χ1n) is 37.6. The molecule has 24 nitrogen and oxygen atoms in total. The molecular formula is C86H107FN10O14S2. The number of sulfonamides is 2. The average Bonchev–Trinajstić information content (AvgIpc) is 1.74. The average molecular weight is 1590 g/mol. The first-order valence-corrected chi connectivity index (χ1v) is 40.4. The minimum absolute atomic E-state index is 0.0103. The zero-order valence-electron chi connectivity index (χ0n) is 66.7. The number of pyridine rings is 2. The third kappa shape index (κ3) is 26.1. The number of aromatic nitrogens is 6. The van der Waals surface area contributed by atoms with Crippen LogP contribution in [0, 0.1) is 5.95 Å². The van der Waals surface area contributed by atoms with E-state index in [2.05, 4.69) is 34.0 Å². The molecule has 0 saturated heterocycles. The van der Waals surface area contributed by atoms with Crippen LogP contribution < -0.4 is 23.7 Å². The molecule has 0 saturated carbocycles. The number of ether oxygens (including phenoxy) is 5. The zero-order valence-corrected chi connectivity index (χ0v) is 68.3. The molecule has 4 aromatic heterocycles. The third-order valence-electron chi connectivity index (χ3n) is 18.6. The summed E-state index contributed by atoms with van der Waals surface area (Å²) in [6.07, 6.45) is 7.65. The Bertz CT molecular complexity index is 4810. The van der Waals surface area contributed by atoms with Crippen LogP contribution in [0.15, 0.2) is 192 Å². The van der Waals surface area contributed by atoms with Gasteiger partial charge in [-0.05, 0) is 206 Å². The van der Waals surface area contributed by atoms with Gasteiger partial charge in [-0.2, -0.15) is 23.2 Å². The van der Waals surface area contributed by atoms with Crippen LogP contribution in [0.2, 0.25) is 0 Å². The lowest BCUT2D eigenvalue weighted by Gasteiger charge is -2.21. The molecule has 27 heteroatoms. The molecule has 0 spiro atoms. The predicted molar refractivity (Wildman–Crippen MR) is 435 cm³/mol. The van der Waals surface area contributed by atoms with Crippen molar-refractivity contribution < 1.29 is 69.8 Å². The van der Waals surface area contributed by atoms with Gasteiger partial charge >= 0.3 is 11.9 Å². The summed E-state index contributed by atoms with van der Waals surface area (Å²) in [6, 6.07) is 51.1. The second-order valence-corrected chi connectivity index (χ2v) is 32.2. The summed E-state index contributed by atoms with van der Waals surface area (Å²) in [5.41, 5.74) is 11.6. The first kappa shape index (κ1) is 88.2. The van der Waals surface area contributed by atoms with Crippen molar-refractivity contribution in [1.29, 1.82) is 0 Å². The number of carboxylic acid groups (broad SMARTS) is 2. The van der Waals surface area contributed by atoms with Gasteiger partial charge in [0.2, 0.25) is 11.8 Å². The van der Waals surface area contributed by atoms with Gasteiger partial charge in [-0.15, -0.1) is 0 Å². The fourth-order valence-electron chi connectivity index (χ4n) is 12.9. The molecule has 0 aliphatic carbocycles. The smallest absolute Gasteiger partial charge is 0.307 e. The highest BCUT2D eigenvalue weighted by molar-refractivity contribution is 7.89. The summed E-state index contributed by atoms with van der Waals surface area (Å²) < 4.78 is 104. The fraction of sp³-hybridized carbons (Fsp3) is 0.372. The lowest BCUT2D eigenvalue weighted by molar-refractivity contribution is -0.137. The number of benzene rings is 6. The summed E-state index contributed by atoms with van der Waals surface area (Å²) in [5, 5.41) is 37.1. The lowest BCUT2D eigenvalue weighted by atomic mass is 9.89. The van der Waals surface area contributed by atoms with Gasteiger partial charge in [0.15, 0.2) is 10.1 Å². The number of hydrogen-bond donors (Lipinski definition) is 3. The normalized spacial score (nSPS) is 11.6. The van der Waals surface area contributed by atoms with Crippen molar-refractivity contribution in [2.45, 2.75) is 153 Å². The molecule has 0 unspecified atom stereocenters. The Morgan fingerprint density at radius 2 is 0.823 bits per heavy atom. The van der Waals surface area contributed by atoms with Crippen LogP contribution in [0.25, 0.3) is 22.3 Å². The molecule has 10 aromatic rings. The quantitative estimate of drug-likeness (QED) is 0.0238. The number of carboxylic acids is 2. The Morgan fingerprint density at radius 1 is 0.460 bits per heavy atom. The van der Waals surface area contributed by atoms with E-state index in [4.69, 9.17) is 33.9 Å². The Kier molecular flexibility index (Phi) is 33.6. The van der Waals surface area contributed by atoms with E-state index in [9.17, 15) is 35.9 Å². The SMILES string of the molecule is CC(C)c1cccc(-c2ccnc(F)c2)c1CC(=O)O.COc1ccc(CN(Cc2ccc(OC)cc2)S(=O)(=O)c2cc(CN(C)C)n(CCCCCO)n2)cc1.COc1ccc(CN(Cc2ccc(OC)cc2)S(=O)(=O)c2cc(CN(C)C)n(CCCCCOc3cc(-c4cccc(C(C)C)c4CC(=O)O)ccn3)n2)cc1. The van der Waals surface area contributed by atoms with Crippen molar-refractivity contribution in [3.05, 3.63) is 244 Å². The fourth-order valence-corrected chi connectivity index (χ4v) is 15.7. The number of aryl methyl sites for hydroxylation is 2. The van der Waals surface area contributed by atoms with E-state index in [1.165, 1.54) is 20.9 Å². The Labute approximate surface area is 664 Å². The topological polar surface area (TPSA) is 284 Å². The van der Waals surface area contributed by atoms with E-state index in [1.807, 2.05) is 197 Å². The van der Waals surface area contributed by atoms with Crippen molar-refractivity contribution in [2.24, 2.45) is 0 Å². The number of carbonyl (C=O) groups is 2. The van der Waals surface area contributed by atoms with Crippen molar-refractivity contribution in [1.82, 2.24) is 47.9 Å². The molecule has 0 fully saturated rings. The summed E-state index contributed by atoms with van der Waals surface area (Å²) in [6.45, 7) is 11.6. The first-order chi connectivity index (χ1) is 54.1. The summed E-state index contributed by atoms with van der Waals surface area (Å²) in [5.74, 6) is 1.33. The van der Waals surface area contributed by atoms with Gasteiger partial charge in [-0.25, -0.2) is 26.8 Å². The van der Waals surface area contributed by atoms with Crippen molar-refractivity contribution >= 4 is 32.0 Å². The van der Waals surface area contributed by atoms with E-state index in [1.54, 1.807) is 62.2 Å². The van der Waals surface area contributed by atoms with Crippen molar-refractivity contribution in [3.8, 4) is 51.1 Å². The van der Waals surface area contributed by atoms with Crippen LogP contribution in [-0.4, -0.2) is 162 Å². The molecule has 0 bridgehead atoms. The molecule has 0 radical (unpaired) electrons. The molecule has 604 valence electrons. The highest BCUT2D eigenvalue weighted by Crippen LogP contribution is 2.35. The van der Waals surface area contributed by atoms with Crippen molar-refractivity contribution in [3.63, 3.8) is 0 Å². The van der Waals surface area contributed by atoms with Gasteiger partial charge in [0.1, 0.15) is 23.0 Å². The molecule has 6 aromatic carbocycles. The molecule has 4 heterocycles. The number of aliphatic hydroxyl groups excluding tert-OH is 1. The number of aliphatic carboxylic acids is 2. The second kappa shape index (κ2) is 43.0. The predicted octanol–water partition coefficient (Wildman–Crippen LogP) is 14.6. The molecule has 10 rings (SSSR count). The van der Waals surface area contributed by atoms with Crippen LogP contribution in [0.1, 0.15) is 134 Å². The Balaban J connectivity index is 0.000000239. The molecule has 0 aliphatic heterocycles. The second-order valence-electron chi connectivity index (χ2n) is 28.4. The summed E-state index contributed by atoms with van der Waals surface area (Å²) in [7, 11) is 6.23. The largest absolute Gasteiger partial charge is 0.497 e. The number of aliphatic hydroxyl groups is 1.